The molecule has 0 aromatic carbocycles. The van der Waals surface area contributed by atoms with Crippen molar-refractivity contribution in [3.05, 3.63) is 0 Å². The number of carbonyl (C=O) groups is 3. The molecule has 0 amide bonds. The zero-order chi connectivity index (χ0) is 18.0. The summed E-state index contributed by atoms with van der Waals surface area (Å²) >= 11 is 1.16. The highest BCUT2D eigenvalue weighted by Gasteiger charge is 2.71. The molecule has 0 bridgehead atoms. The summed E-state index contributed by atoms with van der Waals surface area (Å²) in [5, 5.41) is 11.9. The highest BCUT2D eigenvalue weighted by molar-refractivity contribution is 8.05. The summed E-state index contributed by atoms with van der Waals surface area (Å²) in [5.41, 5.74) is -0.844. The molecule has 5 heteroatoms. The van der Waals surface area contributed by atoms with Crippen LogP contribution in [-0.2, 0) is 14.4 Å². The lowest BCUT2D eigenvalue weighted by molar-refractivity contribution is -0.155. The number of thioether (sulfide) groups is 1. The van der Waals surface area contributed by atoms with Crippen LogP contribution in [0.25, 0.3) is 0 Å². The van der Waals surface area contributed by atoms with Crippen molar-refractivity contribution in [2.24, 2.45) is 28.6 Å². The summed E-state index contributed by atoms with van der Waals surface area (Å²) in [7, 11) is 0. The second kappa shape index (κ2) is 5.42. The van der Waals surface area contributed by atoms with Crippen molar-refractivity contribution in [2.45, 2.75) is 70.0 Å². The largest absolute Gasteiger partial charge is 0.300 e. The lowest BCUT2D eigenvalue weighted by Crippen LogP contribution is -2.68. The number of carbonyl (C=O) groups excluding carboxylic acids is 3. The SMILES string of the molecule is C[C@]12CCC(=O)CC1CC[C@H]1[C@@H]3CCC(=O)[C@@]3(C)CC(=O)C12SC#N. The van der Waals surface area contributed by atoms with Gasteiger partial charge in [-0.3, -0.25) is 14.4 Å². The Bertz CT molecular complexity index is 712. The molecular weight excluding hydrogens is 334 g/mol. The van der Waals surface area contributed by atoms with E-state index in [9.17, 15) is 19.6 Å². The number of rotatable bonds is 1. The lowest BCUT2D eigenvalue weighted by Gasteiger charge is -2.63. The first-order chi connectivity index (χ1) is 11.8. The number of hydrogen-bond donors (Lipinski definition) is 0. The van der Waals surface area contributed by atoms with E-state index in [-0.39, 0.29) is 41.2 Å². The number of thiocyanates is 1. The van der Waals surface area contributed by atoms with E-state index in [4.69, 9.17) is 0 Å². The summed E-state index contributed by atoms with van der Waals surface area (Å²) in [6, 6.07) is 0. The van der Waals surface area contributed by atoms with Gasteiger partial charge in [0.25, 0.3) is 0 Å². The van der Waals surface area contributed by atoms with Crippen LogP contribution in [-0.4, -0.2) is 22.1 Å². The van der Waals surface area contributed by atoms with Gasteiger partial charge in [-0.25, -0.2) is 0 Å². The topological polar surface area (TPSA) is 75.0 Å². The van der Waals surface area contributed by atoms with Crippen LogP contribution in [0.2, 0.25) is 0 Å². The summed E-state index contributed by atoms with van der Waals surface area (Å²) in [6.07, 6.45) is 5.25. The van der Waals surface area contributed by atoms with Gasteiger partial charge in [0.2, 0.25) is 0 Å². The van der Waals surface area contributed by atoms with Crippen LogP contribution < -0.4 is 0 Å². The van der Waals surface area contributed by atoms with Crippen molar-refractivity contribution < 1.29 is 14.4 Å². The van der Waals surface area contributed by atoms with Gasteiger partial charge in [-0.15, -0.1) is 0 Å². The first-order valence-electron chi connectivity index (χ1n) is 9.45. The van der Waals surface area contributed by atoms with Gasteiger partial charge in [0, 0.05) is 31.1 Å². The van der Waals surface area contributed by atoms with Crippen LogP contribution in [0.4, 0.5) is 0 Å². The number of ketones is 3. The summed E-state index contributed by atoms with van der Waals surface area (Å²) in [4.78, 5) is 38.2. The molecule has 0 aliphatic heterocycles. The predicted molar refractivity (Wildman–Crippen MR) is 94.6 cm³/mol. The Morgan fingerprint density at radius 2 is 1.80 bits per heavy atom. The van der Waals surface area contributed by atoms with E-state index in [1.807, 2.05) is 6.92 Å². The smallest absolute Gasteiger partial charge is 0.151 e. The average molecular weight is 359 g/mol. The van der Waals surface area contributed by atoms with Gasteiger partial charge in [-0.1, -0.05) is 13.8 Å². The number of nitriles is 1. The van der Waals surface area contributed by atoms with Crippen LogP contribution in [0.3, 0.4) is 0 Å². The molecule has 0 spiro atoms. The molecule has 0 radical (unpaired) electrons. The third-order valence-electron chi connectivity index (χ3n) is 8.27. The monoisotopic (exact) mass is 359 g/mol. The van der Waals surface area contributed by atoms with E-state index in [0.717, 1.165) is 31.0 Å². The molecule has 0 aromatic heterocycles. The first-order valence-corrected chi connectivity index (χ1v) is 10.3. The standard InChI is InChI=1S/C20H25NO3S/c1-18-10-17(24)20(25-11-21)15(14(18)5-6-16(18)23)4-3-12-9-13(22)7-8-19(12,20)2/h12,14-15H,3-10H2,1-2H3/t12?,14-,15-,18-,19-,20?/m0/s1. The van der Waals surface area contributed by atoms with E-state index in [1.165, 1.54) is 0 Å². The number of Topliss-reactive ketones (excluding diaryl/α,β-unsaturated/α-hetero) is 3. The van der Waals surface area contributed by atoms with Crippen molar-refractivity contribution >= 4 is 29.1 Å². The van der Waals surface area contributed by atoms with Crippen LogP contribution in [0.1, 0.15) is 65.2 Å². The molecule has 0 N–H and O–H groups in total. The minimum absolute atomic E-state index is 0.0873. The molecule has 25 heavy (non-hydrogen) atoms. The lowest BCUT2D eigenvalue weighted by atomic mass is 9.44. The average Bonchev–Trinajstić information content (AvgIpc) is 2.85. The highest BCUT2D eigenvalue weighted by Crippen LogP contribution is 2.69. The molecule has 4 rings (SSSR count). The molecule has 0 aromatic rings. The van der Waals surface area contributed by atoms with Crippen LogP contribution in [0.5, 0.6) is 0 Å². The maximum atomic E-state index is 13.6. The molecule has 6 atom stereocenters. The van der Waals surface area contributed by atoms with Gasteiger partial charge in [-0.2, -0.15) is 5.26 Å². The summed E-state index contributed by atoms with van der Waals surface area (Å²) in [5.74, 6) is 1.10. The second-order valence-electron chi connectivity index (χ2n) is 9.06. The molecule has 4 nitrogen and oxygen atoms in total. The third-order valence-corrected chi connectivity index (χ3v) is 9.68. The minimum atomic E-state index is -0.736. The molecule has 0 saturated heterocycles. The number of nitrogens with zero attached hydrogens (tertiary/aromatic N) is 1. The molecule has 4 fully saturated rings. The van der Waals surface area contributed by atoms with Crippen LogP contribution in [0.15, 0.2) is 0 Å². The van der Waals surface area contributed by atoms with Gasteiger partial charge in [-0.05, 0) is 60.6 Å². The van der Waals surface area contributed by atoms with Gasteiger partial charge in [0.15, 0.2) is 5.78 Å². The highest BCUT2D eigenvalue weighted by atomic mass is 32.2. The zero-order valence-corrected chi connectivity index (χ0v) is 15.8. The molecule has 134 valence electrons. The maximum Gasteiger partial charge on any atom is 0.151 e. The van der Waals surface area contributed by atoms with E-state index in [1.54, 1.807) is 0 Å². The van der Waals surface area contributed by atoms with Crippen molar-refractivity contribution in [2.75, 3.05) is 0 Å². The molecular formula is C20H25NO3S. The molecule has 4 aliphatic carbocycles. The molecule has 0 heterocycles. The third kappa shape index (κ3) is 1.98. The van der Waals surface area contributed by atoms with E-state index >= 15 is 0 Å². The fraction of sp³-hybridized carbons (Fsp3) is 0.800. The van der Waals surface area contributed by atoms with Crippen molar-refractivity contribution in [3.8, 4) is 5.40 Å². The molecule has 4 saturated carbocycles. The Hall–Kier alpha value is -1.15. The van der Waals surface area contributed by atoms with Gasteiger partial charge >= 0.3 is 0 Å². The molecule has 2 unspecified atom stereocenters. The Labute approximate surface area is 153 Å². The maximum absolute atomic E-state index is 13.6. The fourth-order valence-corrected chi connectivity index (χ4v) is 8.16. The minimum Gasteiger partial charge on any atom is -0.300 e. The Morgan fingerprint density at radius 3 is 2.52 bits per heavy atom. The van der Waals surface area contributed by atoms with Crippen LogP contribution in [0, 0.1) is 39.2 Å². The van der Waals surface area contributed by atoms with Gasteiger partial charge in [0.1, 0.15) is 17.0 Å². The van der Waals surface area contributed by atoms with E-state index in [2.05, 4.69) is 12.3 Å². The zero-order valence-electron chi connectivity index (χ0n) is 15.0. The quantitative estimate of drug-likeness (QED) is 0.668. The predicted octanol–water partition coefficient (Wildman–Crippen LogP) is 3.68. The Balaban J connectivity index is 1.85. The van der Waals surface area contributed by atoms with E-state index in [0.29, 0.717) is 31.5 Å². The Kier molecular flexibility index (Phi) is 3.75. The van der Waals surface area contributed by atoms with Crippen LogP contribution >= 0.6 is 11.8 Å². The van der Waals surface area contributed by atoms with Crippen molar-refractivity contribution in [3.63, 3.8) is 0 Å². The normalized spacial score (nSPS) is 49.2. The molecule has 4 aliphatic rings. The first kappa shape index (κ1) is 17.3. The number of hydrogen-bond acceptors (Lipinski definition) is 5. The summed E-state index contributed by atoms with van der Waals surface area (Å²) in [6.45, 7) is 4.13. The summed E-state index contributed by atoms with van der Waals surface area (Å²) < 4.78 is -0.736. The fourth-order valence-electron chi connectivity index (χ4n) is 6.89. The van der Waals surface area contributed by atoms with Crippen molar-refractivity contribution in [1.82, 2.24) is 0 Å². The second-order valence-corrected chi connectivity index (χ2v) is 10.1. The Morgan fingerprint density at radius 1 is 1.04 bits per heavy atom. The van der Waals surface area contributed by atoms with Gasteiger partial charge < -0.3 is 0 Å². The van der Waals surface area contributed by atoms with Crippen molar-refractivity contribution in [1.29, 1.82) is 5.26 Å². The number of fused-ring (bicyclic) bond motifs is 5. The van der Waals surface area contributed by atoms with E-state index < -0.39 is 10.2 Å². The van der Waals surface area contributed by atoms with Gasteiger partial charge in [0.05, 0.1) is 4.75 Å².